The largest absolute Gasteiger partial charge is 0.335 e. The standard InChI is InChI=1S/C18H20N4O2S/c1-21-7-9-22(10-8-21)18(24)15(12-14-4-2-6-19-13-14)20-17(23)16-5-3-11-25-16/h2-6,11-13H,7-10H2,1H3,(H,20,23)/b15-12-. The first-order valence-electron chi connectivity index (χ1n) is 8.08. The van der Waals surface area contributed by atoms with Crippen LogP contribution >= 0.6 is 11.3 Å². The molecule has 1 saturated heterocycles. The van der Waals surface area contributed by atoms with E-state index in [1.165, 1.54) is 11.3 Å². The van der Waals surface area contributed by atoms with Crippen molar-refractivity contribution in [3.05, 3.63) is 58.2 Å². The summed E-state index contributed by atoms with van der Waals surface area (Å²) in [6.45, 7) is 2.94. The van der Waals surface area contributed by atoms with E-state index in [-0.39, 0.29) is 17.5 Å². The van der Waals surface area contributed by atoms with Gasteiger partial charge in [-0.3, -0.25) is 14.6 Å². The van der Waals surface area contributed by atoms with E-state index in [1.807, 2.05) is 24.6 Å². The first-order valence-corrected chi connectivity index (χ1v) is 8.96. The van der Waals surface area contributed by atoms with Crippen molar-refractivity contribution in [3.8, 4) is 0 Å². The Morgan fingerprint density at radius 2 is 2.00 bits per heavy atom. The highest BCUT2D eigenvalue weighted by atomic mass is 32.1. The molecule has 3 rings (SSSR count). The molecule has 7 heteroatoms. The molecule has 0 saturated carbocycles. The maximum atomic E-state index is 12.9. The molecule has 2 aromatic heterocycles. The van der Waals surface area contributed by atoms with E-state index >= 15 is 0 Å². The van der Waals surface area contributed by atoms with Gasteiger partial charge in [-0.2, -0.15) is 0 Å². The van der Waals surface area contributed by atoms with Gasteiger partial charge in [0.25, 0.3) is 11.8 Å². The number of likely N-dealkylation sites (N-methyl/N-ethyl adjacent to an activating group) is 1. The van der Waals surface area contributed by atoms with Gasteiger partial charge in [0, 0.05) is 38.6 Å². The Bertz CT molecular complexity index is 751. The summed E-state index contributed by atoms with van der Waals surface area (Å²) >= 11 is 1.34. The lowest BCUT2D eigenvalue weighted by Crippen LogP contribution is -2.49. The maximum Gasteiger partial charge on any atom is 0.270 e. The summed E-state index contributed by atoms with van der Waals surface area (Å²) in [7, 11) is 2.03. The number of carbonyl (C=O) groups is 2. The van der Waals surface area contributed by atoms with Gasteiger partial charge in [0.05, 0.1) is 4.88 Å². The minimum Gasteiger partial charge on any atom is -0.335 e. The van der Waals surface area contributed by atoms with Crippen LogP contribution in [0.5, 0.6) is 0 Å². The normalized spacial score (nSPS) is 15.9. The Balaban J connectivity index is 1.82. The third-order valence-corrected chi connectivity index (χ3v) is 4.88. The number of piperazine rings is 1. The van der Waals surface area contributed by atoms with E-state index in [0.717, 1.165) is 18.7 Å². The van der Waals surface area contributed by atoms with Gasteiger partial charge in [-0.15, -0.1) is 11.3 Å². The first kappa shape index (κ1) is 17.3. The van der Waals surface area contributed by atoms with Crippen molar-refractivity contribution in [2.24, 2.45) is 0 Å². The zero-order valence-corrected chi connectivity index (χ0v) is 14.8. The molecule has 0 aromatic carbocycles. The summed E-state index contributed by atoms with van der Waals surface area (Å²) in [4.78, 5) is 33.9. The van der Waals surface area contributed by atoms with Crippen molar-refractivity contribution in [1.82, 2.24) is 20.1 Å². The van der Waals surface area contributed by atoms with Crippen LogP contribution in [-0.4, -0.2) is 59.8 Å². The second-order valence-electron chi connectivity index (χ2n) is 5.87. The topological polar surface area (TPSA) is 65.5 Å². The van der Waals surface area contributed by atoms with Crippen LogP contribution in [0.1, 0.15) is 15.2 Å². The number of amides is 2. The predicted octanol–water partition coefficient (Wildman–Crippen LogP) is 1.69. The first-order chi connectivity index (χ1) is 12.1. The van der Waals surface area contributed by atoms with Crippen molar-refractivity contribution < 1.29 is 9.59 Å². The van der Waals surface area contributed by atoms with Crippen LogP contribution in [0.25, 0.3) is 6.08 Å². The highest BCUT2D eigenvalue weighted by Gasteiger charge is 2.24. The van der Waals surface area contributed by atoms with Crippen LogP contribution in [-0.2, 0) is 4.79 Å². The molecule has 0 aliphatic carbocycles. The summed E-state index contributed by atoms with van der Waals surface area (Å²) in [5.41, 5.74) is 1.04. The number of nitrogens with zero attached hydrogens (tertiary/aromatic N) is 3. The molecule has 1 N–H and O–H groups in total. The second kappa shape index (κ2) is 8.04. The lowest BCUT2D eigenvalue weighted by Gasteiger charge is -2.33. The van der Waals surface area contributed by atoms with Crippen LogP contribution in [0, 0.1) is 0 Å². The van der Waals surface area contributed by atoms with E-state index in [9.17, 15) is 9.59 Å². The summed E-state index contributed by atoms with van der Waals surface area (Å²) in [6, 6.07) is 7.20. The number of pyridine rings is 1. The monoisotopic (exact) mass is 356 g/mol. The Hall–Kier alpha value is -2.51. The molecule has 25 heavy (non-hydrogen) atoms. The van der Waals surface area contributed by atoms with E-state index < -0.39 is 0 Å². The number of thiophene rings is 1. The summed E-state index contributed by atoms with van der Waals surface area (Å²) in [5.74, 6) is -0.436. The van der Waals surface area contributed by atoms with Gasteiger partial charge in [-0.25, -0.2) is 0 Å². The Labute approximate surface area is 150 Å². The van der Waals surface area contributed by atoms with Crippen molar-refractivity contribution in [2.75, 3.05) is 33.2 Å². The molecule has 0 bridgehead atoms. The molecule has 3 heterocycles. The number of rotatable bonds is 4. The minimum absolute atomic E-state index is 0.165. The highest BCUT2D eigenvalue weighted by molar-refractivity contribution is 7.12. The highest BCUT2D eigenvalue weighted by Crippen LogP contribution is 2.13. The van der Waals surface area contributed by atoms with Crippen LogP contribution in [0.15, 0.2) is 47.7 Å². The molecule has 2 aromatic rings. The summed E-state index contributed by atoms with van der Waals surface area (Å²) in [5, 5.41) is 4.61. The molecule has 0 unspecified atom stereocenters. The smallest absolute Gasteiger partial charge is 0.270 e. The number of carbonyl (C=O) groups excluding carboxylic acids is 2. The number of hydrogen-bond acceptors (Lipinski definition) is 5. The third-order valence-electron chi connectivity index (χ3n) is 4.01. The second-order valence-corrected chi connectivity index (χ2v) is 6.82. The van der Waals surface area contributed by atoms with Gasteiger partial charge >= 0.3 is 0 Å². The van der Waals surface area contributed by atoms with Crippen molar-refractivity contribution in [3.63, 3.8) is 0 Å². The number of aromatic nitrogens is 1. The van der Waals surface area contributed by atoms with Crippen LogP contribution in [0.2, 0.25) is 0 Å². The fourth-order valence-electron chi connectivity index (χ4n) is 2.55. The van der Waals surface area contributed by atoms with Gasteiger partial charge in [-0.05, 0) is 36.2 Å². The summed E-state index contributed by atoms with van der Waals surface area (Å²) in [6.07, 6.45) is 5.01. The average Bonchev–Trinajstić information content (AvgIpc) is 3.17. The Morgan fingerprint density at radius 1 is 1.20 bits per heavy atom. The number of nitrogens with one attached hydrogen (secondary N) is 1. The lowest BCUT2D eigenvalue weighted by atomic mass is 10.2. The lowest BCUT2D eigenvalue weighted by molar-refractivity contribution is -0.128. The molecule has 1 aliphatic rings. The average molecular weight is 356 g/mol. The zero-order chi connectivity index (χ0) is 17.6. The van der Waals surface area contributed by atoms with Crippen LogP contribution in [0.3, 0.4) is 0 Å². The molecule has 0 atom stereocenters. The predicted molar refractivity (Wildman–Crippen MR) is 98.1 cm³/mol. The van der Waals surface area contributed by atoms with E-state index in [4.69, 9.17) is 0 Å². The molecule has 1 aliphatic heterocycles. The van der Waals surface area contributed by atoms with Gasteiger partial charge in [0.15, 0.2) is 0 Å². The Morgan fingerprint density at radius 3 is 2.64 bits per heavy atom. The van der Waals surface area contributed by atoms with E-state index in [0.29, 0.717) is 18.0 Å². The van der Waals surface area contributed by atoms with Gasteiger partial charge in [-0.1, -0.05) is 12.1 Å². The molecule has 130 valence electrons. The van der Waals surface area contributed by atoms with Gasteiger partial charge < -0.3 is 15.1 Å². The fourth-order valence-corrected chi connectivity index (χ4v) is 3.17. The zero-order valence-electron chi connectivity index (χ0n) is 14.0. The molecule has 0 spiro atoms. The SMILES string of the molecule is CN1CCN(C(=O)/C(=C/c2cccnc2)NC(=O)c2cccs2)CC1. The van der Waals surface area contributed by atoms with Gasteiger partial charge in [0.1, 0.15) is 5.70 Å². The molecule has 6 nitrogen and oxygen atoms in total. The molecule has 2 amide bonds. The molecular formula is C18H20N4O2S. The van der Waals surface area contributed by atoms with Crippen molar-refractivity contribution in [2.45, 2.75) is 0 Å². The van der Waals surface area contributed by atoms with E-state index in [2.05, 4.69) is 15.2 Å². The summed E-state index contributed by atoms with van der Waals surface area (Å²) < 4.78 is 0. The molecule has 1 fully saturated rings. The quantitative estimate of drug-likeness (QED) is 0.847. The molecular weight excluding hydrogens is 336 g/mol. The van der Waals surface area contributed by atoms with E-state index in [1.54, 1.807) is 35.5 Å². The fraction of sp³-hybridized carbons (Fsp3) is 0.278. The van der Waals surface area contributed by atoms with Crippen LogP contribution < -0.4 is 5.32 Å². The maximum absolute atomic E-state index is 12.9. The number of hydrogen-bond donors (Lipinski definition) is 1. The Kier molecular flexibility index (Phi) is 5.57. The molecule has 0 radical (unpaired) electrons. The van der Waals surface area contributed by atoms with Crippen molar-refractivity contribution >= 4 is 29.2 Å². The van der Waals surface area contributed by atoms with Crippen molar-refractivity contribution in [1.29, 1.82) is 0 Å². The van der Waals surface area contributed by atoms with Gasteiger partial charge in [0.2, 0.25) is 0 Å². The minimum atomic E-state index is -0.271. The third kappa shape index (κ3) is 4.52. The van der Waals surface area contributed by atoms with Crippen LogP contribution in [0.4, 0.5) is 0 Å².